The first-order chi connectivity index (χ1) is 11.2. The number of hydrogen-bond donors (Lipinski definition) is 0. The van der Waals surface area contributed by atoms with Crippen LogP contribution in [0.5, 0.6) is 5.75 Å². The number of ether oxygens (including phenoxy) is 2. The summed E-state index contributed by atoms with van der Waals surface area (Å²) in [5.74, 6) is 0.295. The zero-order valence-electron chi connectivity index (χ0n) is 12.2. The molecule has 3 rings (SSSR count). The van der Waals surface area contributed by atoms with Gasteiger partial charge in [0.15, 0.2) is 0 Å². The lowest BCUT2D eigenvalue weighted by Crippen LogP contribution is -2.12. The number of rotatable bonds is 5. The Morgan fingerprint density at radius 2 is 1.83 bits per heavy atom. The molecule has 0 fully saturated rings. The fourth-order valence-electron chi connectivity index (χ4n) is 2.18. The highest BCUT2D eigenvalue weighted by Crippen LogP contribution is 2.18. The van der Waals surface area contributed by atoms with E-state index in [1.165, 1.54) is 0 Å². The van der Waals surface area contributed by atoms with E-state index < -0.39 is 0 Å². The standard InChI is InChI=1S/C18H14ClNO3/c19-13-6-8-14(9-7-13)22-11-12-23-18(21)16-3-1-5-17-15(16)4-2-10-20-17/h1-10H,11-12H2. The molecule has 2 aromatic carbocycles. The number of nitrogens with zero attached hydrogens (tertiary/aromatic N) is 1. The largest absolute Gasteiger partial charge is 0.490 e. The number of halogens is 1. The second-order valence-corrected chi connectivity index (χ2v) is 5.25. The van der Waals surface area contributed by atoms with Crippen LogP contribution < -0.4 is 4.74 Å². The molecule has 0 amide bonds. The summed E-state index contributed by atoms with van der Waals surface area (Å²) in [5.41, 5.74) is 1.27. The summed E-state index contributed by atoms with van der Waals surface area (Å²) in [7, 11) is 0. The number of fused-ring (bicyclic) bond motifs is 1. The normalized spacial score (nSPS) is 10.5. The van der Waals surface area contributed by atoms with Crippen molar-refractivity contribution in [2.24, 2.45) is 0 Å². The Morgan fingerprint density at radius 1 is 1.00 bits per heavy atom. The predicted octanol–water partition coefficient (Wildman–Crippen LogP) is 4.12. The van der Waals surface area contributed by atoms with Gasteiger partial charge in [-0.1, -0.05) is 23.7 Å². The smallest absolute Gasteiger partial charge is 0.338 e. The molecule has 0 aliphatic carbocycles. The average Bonchev–Trinajstić information content (AvgIpc) is 2.59. The van der Waals surface area contributed by atoms with Crippen LogP contribution in [0.25, 0.3) is 10.9 Å². The maximum atomic E-state index is 12.2. The van der Waals surface area contributed by atoms with Gasteiger partial charge >= 0.3 is 5.97 Å². The van der Waals surface area contributed by atoms with Crippen LogP contribution in [-0.2, 0) is 4.74 Å². The summed E-state index contributed by atoms with van der Waals surface area (Å²) >= 11 is 5.80. The minimum atomic E-state index is -0.386. The van der Waals surface area contributed by atoms with Gasteiger partial charge in [-0.2, -0.15) is 0 Å². The van der Waals surface area contributed by atoms with E-state index in [0.717, 1.165) is 10.9 Å². The molecule has 0 unspecified atom stereocenters. The van der Waals surface area contributed by atoms with Crippen molar-refractivity contribution < 1.29 is 14.3 Å². The number of benzene rings is 2. The predicted molar refractivity (Wildman–Crippen MR) is 89.0 cm³/mol. The Bertz CT molecular complexity index is 813. The molecule has 0 bridgehead atoms. The molecule has 3 aromatic rings. The van der Waals surface area contributed by atoms with Gasteiger partial charge in [0.1, 0.15) is 19.0 Å². The molecule has 0 aliphatic rings. The first-order valence-electron chi connectivity index (χ1n) is 7.13. The molecule has 1 aromatic heterocycles. The maximum absolute atomic E-state index is 12.2. The minimum Gasteiger partial charge on any atom is -0.490 e. The quantitative estimate of drug-likeness (QED) is 0.522. The Balaban J connectivity index is 1.57. The summed E-state index contributed by atoms with van der Waals surface area (Å²) in [6.07, 6.45) is 1.69. The van der Waals surface area contributed by atoms with Crippen LogP contribution in [0.2, 0.25) is 5.02 Å². The van der Waals surface area contributed by atoms with Gasteiger partial charge < -0.3 is 9.47 Å². The molecular formula is C18H14ClNO3. The van der Waals surface area contributed by atoms with Crippen molar-refractivity contribution >= 4 is 28.5 Å². The lowest BCUT2D eigenvalue weighted by molar-refractivity contribution is 0.0452. The van der Waals surface area contributed by atoms with Crippen molar-refractivity contribution in [3.63, 3.8) is 0 Å². The van der Waals surface area contributed by atoms with E-state index in [2.05, 4.69) is 4.98 Å². The van der Waals surface area contributed by atoms with E-state index in [1.807, 2.05) is 12.1 Å². The summed E-state index contributed by atoms with van der Waals surface area (Å²) < 4.78 is 10.8. The summed E-state index contributed by atoms with van der Waals surface area (Å²) in [4.78, 5) is 16.4. The number of pyridine rings is 1. The van der Waals surface area contributed by atoms with Crippen LogP contribution in [0, 0.1) is 0 Å². The van der Waals surface area contributed by atoms with Crippen molar-refractivity contribution in [1.82, 2.24) is 4.98 Å². The molecule has 0 radical (unpaired) electrons. The number of carbonyl (C=O) groups is 1. The minimum absolute atomic E-state index is 0.165. The first kappa shape index (κ1) is 15.3. The molecule has 23 heavy (non-hydrogen) atoms. The number of carbonyl (C=O) groups excluding carboxylic acids is 1. The lowest BCUT2D eigenvalue weighted by Gasteiger charge is -2.08. The van der Waals surface area contributed by atoms with E-state index in [9.17, 15) is 4.79 Å². The molecule has 0 atom stereocenters. The monoisotopic (exact) mass is 327 g/mol. The van der Waals surface area contributed by atoms with E-state index in [1.54, 1.807) is 48.7 Å². The Labute approximate surface area is 138 Å². The Hall–Kier alpha value is -2.59. The molecule has 0 saturated carbocycles. The number of esters is 1. The first-order valence-corrected chi connectivity index (χ1v) is 7.51. The van der Waals surface area contributed by atoms with Crippen LogP contribution >= 0.6 is 11.6 Å². The highest BCUT2D eigenvalue weighted by molar-refractivity contribution is 6.30. The van der Waals surface area contributed by atoms with E-state index in [0.29, 0.717) is 16.3 Å². The fraction of sp³-hybridized carbons (Fsp3) is 0.111. The topological polar surface area (TPSA) is 48.4 Å². The average molecular weight is 328 g/mol. The van der Waals surface area contributed by atoms with Crippen molar-refractivity contribution in [2.45, 2.75) is 0 Å². The molecule has 4 nitrogen and oxygen atoms in total. The van der Waals surface area contributed by atoms with Gasteiger partial charge in [-0.25, -0.2) is 4.79 Å². The van der Waals surface area contributed by atoms with Gasteiger partial charge in [-0.05, 0) is 42.5 Å². The van der Waals surface area contributed by atoms with Crippen molar-refractivity contribution in [1.29, 1.82) is 0 Å². The maximum Gasteiger partial charge on any atom is 0.338 e. The van der Waals surface area contributed by atoms with Gasteiger partial charge in [0.25, 0.3) is 0 Å². The van der Waals surface area contributed by atoms with Crippen LogP contribution in [0.3, 0.4) is 0 Å². The van der Waals surface area contributed by atoms with Crippen LogP contribution in [0.1, 0.15) is 10.4 Å². The van der Waals surface area contributed by atoms with Gasteiger partial charge in [0.2, 0.25) is 0 Å². The fourth-order valence-corrected chi connectivity index (χ4v) is 2.31. The Kier molecular flexibility index (Phi) is 4.74. The zero-order valence-corrected chi connectivity index (χ0v) is 13.0. The molecule has 0 N–H and O–H groups in total. The Morgan fingerprint density at radius 3 is 2.65 bits per heavy atom. The molecule has 1 heterocycles. The highest BCUT2D eigenvalue weighted by atomic mass is 35.5. The van der Waals surface area contributed by atoms with Crippen LogP contribution in [0.4, 0.5) is 0 Å². The molecule has 0 saturated heterocycles. The SMILES string of the molecule is O=C(OCCOc1ccc(Cl)cc1)c1cccc2ncccc12. The summed E-state index contributed by atoms with van der Waals surface area (Å²) in [6.45, 7) is 0.439. The highest BCUT2D eigenvalue weighted by Gasteiger charge is 2.11. The second kappa shape index (κ2) is 7.11. The van der Waals surface area contributed by atoms with E-state index in [-0.39, 0.29) is 19.2 Å². The van der Waals surface area contributed by atoms with Crippen molar-refractivity contribution in [3.05, 3.63) is 71.4 Å². The molecule has 0 aliphatic heterocycles. The van der Waals surface area contributed by atoms with Crippen LogP contribution in [-0.4, -0.2) is 24.2 Å². The zero-order chi connectivity index (χ0) is 16.1. The van der Waals surface area contributed by atoms with Crippen molar-refractivity contribution in [2.75, 3.05) is 13.2 Å². The third-order valence-corrected chi connectivity index (χ3v) is 3.52. The van der Waals surface area contributed by atoms with Crippen molar-refractivity contribution in [3.8, 4) is 5.75 Å². The van der Waals surface area contributed by atoms with Gasteiger partial charge in [0, 0.05) is 16.6 Å². The van der Waals surface area contributed by atoms with Gasteiger partial charge in [-0.3, -0.25) is 4.98 Å². The number of aromatic nitrogens is 1. The van der Waals surface area contributed by atoms with E-state index in [4.69, 9.17) is 21.1 Å². The van der Waals surface area contributed by atoms with Gasteiger partial charge in [0.05, 0.1) is 11.1 Å². The lowest BCUT2D eigenvalue weighted by atomic mass is 10.1. The summed E-state index contributed by atoms with van der Waals surface area (Å²) in [5, 5.41) is 1.42. The molecular weight excluding hydrogens is 314 g/mol. The number of hydrogen-bond acceptors (Lipinski definition) is 4. The summed E-state index contributed by atoms with van der Waals surface area (Å²) in [6, 6.07) is 16.0. The molecule has 116 valence electrons. The van der Waals surface area contributed by atoms with Gasteiger partial charge in [-0.15, -0.1) is 0 Å². The third kappa shape index (κ3) is 3.79. The van der Waals surface area contributed by atoms with Crippen LogP contribution in [0.15, 0.2) is 60.8 Å². The molecule has 0 spiro atoms. The third-order valence-electron chi connectivity index (χ3n) is 3.26. The van der Waals surface area contributed by atoms with E-state index >= 15 is 0 Å². The second-order valence-electron chi connectivity index (χ2n) is 4.81. The molecule has 5 heteroatoms.